The minimum Gasteiger partial charge on any atom is -0.384 e. The summed E-state index contributed by atoms with van der Waals surface area (Å²) in [6, 6.07) is 9.96. The molecule has 0 radical (unpaired) electrons. The van der Waals surface area contributed by atoms with E-state index in [0.717, 1.165) is 5.56 Å². The van der Waals surface area contributed by atoms with Gasteiger partial charge in [-0.1, -0.05) is 23.7 Å². The number of pyridine rings is 1. The minimum atomic E-state index is -3.59. The Balaban J connectivity index is 2.23. The van der Waals surface area contributed by atoms with E-state index in [-0.39, 0.29) is 17.3 Å². The molecular formula is C13H14ClN3O2S. The van der Waals surface area contributed by atoms with Crippen LogP contribution in [0.2, 0.25) is 5.02 Å². The third-order valence-electron chi connectivity index (χ3n) is 2.76. The van der Waals surface area contributed by atoms with E-state index < -0.39 is 10.0 Å². The molecule has 0 amide bonds. The average Bonchev–Trinajstić information content (AvgIpc) is 2.39. The lowest BCUT2D eigenvalue weighted by Gasteiger charge is -2.17. The molecule has 0 saturated heterocycles. The SMILES string of the molecule is CN(Cc1cccc(Cl)c1)S(=O)(=O)c1ccc(N)nc1. The van der Waals surface area contributed by atoms with E-state index in [2.05, 4.69) is 4.98 Å². The molecule has 0 fully saturated rings. The Morgan fingerprint density at radius 1 is 1.30 bits per heavy atom. The molecule has 0 saturated carbocycles. The third kappa shape index (κ3) is 3.27. The van der Waals surface area contributed by atoms with E-state index in [0.29, 0.717) is 5.02 Å². The number of hydrogen-bond acceptors (Lipinski definition) is 4. The van der Waals surface area contributed by atoms with Crippen molar-refractivity contribution in [3.63, 3.8) is 0 Å². The highest BCUT2D eigenvalue weighted by Gasteiger charge is 2.21. The molecule has 0 aliphatic rings. The lowest BCUT2D eigenvalue weighted by atomic mass is 10.2. The van der Waals surface area contributed by atoms with Crippen LogP contribution in [-0.2, 0) is 16.6 Å². The Labute approximate surface area is 123 Å². The normalized spacial score (nSPS) is 11.8. The van der Waals surface area contributed by atoms with Crippen LogP contribution in [-0.4, -0.2) is 24.8 Å². The topological polar surface area (TPSA) is 76.3 Å². The summed E-state index contributed by atoms with van der Waals surface area (Å²) in [4.78, 5) is 3.91. The van der Waals surface area contributed by atoms with Gasteiger partial charge in [-0.15, -0.1) is 0 Å². The highest BCUT2D eigenvalue weighted by Crippen LogP contribution is 2.18. The first-order chi connectivity index (χ1) is 9.39. The molecule has 0 unspecified atom stereocenters. The number of nitrogen functional groups attached to an aromatic ring is 1. The van der Waals surface area contributed by atoms with Gasteiger partial charge in [0.25, 0.3) is 0 Å². The van der Waals surface area contributed by atoms with Gasteiger partial charge in [-0.3, -0.25) is 0 Å². The Bertz CT molecular complexity index is 702. The first-order valence-electron chi connectivity index (χ1n) is 5.82. The number of sulfonamides is 1. The summed E-state index contributed by atoms with van der Waals surface area (Å²) in [6.07, 6.45) is 1.25. The number of halogens is 1. The van der Waals surface area contributed by atoms with E-state index in [9.17, 15) is 8.42 Å². The van der Waals surface area contributed by atoms with E-state index >= 15 is 0 Å². The van der Waals surface area contributed by atoms with Gasteiger partial charge in [0.15, 0.2) is 0 Å². The molecule has 20 heavy (non-hydrogen) atoms. The van der Waals surface area contributed by atoms with Crippen LogP contribution in [0.3, 0.4) is 0 Å². The molecule has 2 N–H and O–H groups in total. The molecule has 1 heterocycles. The standard InChI is InChI=1S/C13H14ClN3O2S/c1-17(9-10-3-2-4-11(14)7-10)20(18,19)12-5-6-13(15)16-8-12/h2-8H,9H2,1H3,(H2,15,16). The molecule has 1 aromatic carbocycles. The van der Waals surface area contributed by atoms with Crippen molar-refractivity contribution in [2.24, 2.45) is 0 Å². The van der Waals surface area contributed by atoms with Gasteiger partial charge in [0.05, 0.1) is 0 Å². The van der Waals surface area contributed by atoms with Gasteiger partial charge in [-0.25, -0.2) is 13.4 Å². The molecule has 106 valence electrons. The molecule has 0 spiro atoms. The van der Waals surface area contributed by atoms with E-state index in [1.807, 2.05) is 6.07 Å². The summed E-state index contributed by atoms with van der Waals surface area (Å²) in [6.45, 7) is 0.229. The number of nitrogens with zero attached hydrogens (tertiary/aromatic N) is 2. The lowest BCUT2D eigenvalue weighted by molar-refractivity contribution is 0.466. The highest BCUT2D eigenvalue weighted by molar-refractivity contribution is 7.89. The Morgan fingerprint density at radius 3 is 2.65 bits per heavy atom. The van der Waals surface area contributed by atoms with Crippen molar-refractivity contribution in [3.8, 4) is 0 Å². The van der Waals surface area contributed by atoms with Crippen molar-refractivity contribution in [2.75, 3.05) is 12.8 Å². The first-order valence-corrected chi connectivity index (χ1v) is 7.64. The van der Waals surface area contributed by atoms with Crippen molar-refractivity contribution in [2.45, 2.75) is 11.4 Å². The number of nitrogens with two attached hydrogens (primary N) is 1. The largest absolute Gasteiger partial charge is 0.384 e. The molecular weight excluding hydrogens is 298 g/mol. The van der Waals surface area contributed by atoms with Gasteiger partial charge in [0, 0.05) is 24.8 Å². The number of benzene rings is 1. The zero-order valence-electron chi connectivity index (χ0n) is 10.8. The maximum absolute atomic E-state index is 12.3. The van der Waals surface area contributed by atoms with Crippen molar-refractivity contribution in [1.29, 1.82) is 0 Å². The van der Waals surface area contributed by atoms with Crippen molar-refractivity contribution >= 4 is 27.4 Å². The first kappa shape index (κ1) is 14.8. The van der Waals surface area contributed by atoms with E-state index in [1.54, 1.807) is 18.2 Å². The summed E-state index contributed by atoms with van der Waals surface area (Å²) in [5, 5.41) is 0.572. The number of aromatic nitrogens is 1. The second kappa shape index (κ2) is 5.78. The maximum atomic E-state index is 12.3. The van der Waals surface area contributed by atoms with Gasteiger partial charge in [0.1, 0.15) is 10.7 Å². The van der Waals surface area contributed by atoms with Crippen LogP contribution in [0.25, 0.3) is 0 Å². The fourth-order valence-electron chi connectivity index (χ4n) is 1.70. The minimum absolute atomic E-state index is 0.108. The van der Waals surface area contributed by atoms with Crippen LogP contribution in [0.5, 0.6) is 0 Å². The molecule has 2 aromatic rings. The molecule has 7 heteroatoms. The van der Waals surface area contributed by atoms with Crippen LogP contribution in [0.1, 0.15) is 5.56 Å². The number of anilines is 1. The van der Waals surface area contributed by atoms with Crippen molar-refractivity contribution < 1.29 is 8.42 Å². The average molecular weight is 312 g/mol. The fraction of sp³-hybridized carbons (Fsp3) is 0.154. The summed E-state index contributed by atoms with van der Waals surface area (Å²) >= 11 is 5.89. The molecule has 0 atom stereocenters. The van der Waals surface area contributed by atoms with Crippen LogP contribution in [0, 0.1) is 0 Å². The zero-order valence-corrected chi connectivity index (χ0v) is 12.4. The second-order valence-corrected chi connectivity index (χ2v) is 6.79. The summed E-state index contributed by atoms with van der Waals surface area (Å²) < 4.78 is 25.9. The van der Waals surface area contributed by atoms with Gasteiger partial charge in [-0.2, -0.15) is 4.31 Å². The fourth-order valence-corrected chi connectivity index (χ4v) is 3.02. The second-order valence-electron chi connectivity index (χ2n) is 4.31. The molecule has 0 aliphatic heterocycles. The Hall–Kier alpha value is -1.63. The molecule has 5 nitrogen and oxygen atoms in total. The monoisotopic (exact) mass is 311 g/mol. The predicted octanol–water partition coefficient (Wildman–Crippen LogP) is 2.14. The lowest BCUT2D eigenvalue weighted by Crippen LogP contribution is -2.26. The van der Waals surface area contributed by atoms with Gasteiger partial charge in [0.2, 0.25) is 10.0 Å². The zero-order chi connectivity index (χ0) is 14.8. The predicted molar refractivity (Wildman–Crippen MR) is 78.8 cm³/mol. The Morgan fingerprint density at radius 2 is 2.05 bits per heavy atom. The summed E-state index contributed by atoms with van der Waals surface area (Å²) in [5.41, 5.74) is 6.26. The molecule has 0 aliphatic carbocycles. The maximum Gasteiger partial charge on any atom is 0.244 e. The van der Waals surface area contributed by atoms with Crippen molar-refractivity contribution in [3.05, 3.63) is 53.2 Å². The number of rotatable bonds is 4. The van der Waals surface area contributed by atoms with Crippen LogP contribution in [0.15, 0.2) is 47.5 Å². The van der Waals surface area contributed by atoms with E-state index in [4.69, 9.17) is 17.3 Å². The Kier molecular flexibility index (Phi) is 4.27. The van der Waals surface area contributed by atoms with Crippen molar-refractivity contribution in [1.82, 2.24) is 9.29 Å². The molecule has 1 aromatic heterocycles. The van der Waals surface area contributed by atoms with E-state index in [1.165, 1.54) is 29.7 Å². The molecule has 2 rings (SSSR count). The van der Waals surface area contributed by atoms with Gasteiger partial charge >= 0.3 is 0 Å². The third-order valence-corrected chi connectivity index (χ3v) is 4.78. The highest BCUT2D eigenvalue weighted by atomic mass is 35.5. The quantitative estimate of drug-likeness (QED) is 0.938. The summed E-state index contributed by atoms with van der Waals surface area (Å²) in [7, 11) is -2.09. The summed E-state index contributed by atoms with van der Waals surface area (Å²) in [5.74, 6) is 0.279. The molecule has 0 bridgehead atoms. The smallest absolute Gasteiger partial charge is 0.244 e. The van der Waals surface area contributed by atoms with Gasteiger partial charge in [-0.05, 0) is 29.8 Å². The van der Waals surface area contributed by atoms with Gasteiger partial charge < -0.3 is 5.73 Å². The van der Waals surface area contributed by atoms with Crippen LogP contribution < -0.4 is 5.73 Å². The van der Waals surface area contributed by atoms with Crippen LogP contribution >= 0.6 is 11.6 Å². The number of hydrogen-bond donors (Lipinski definition) is 1. The van der Waals surface area contributed by atoms with Crippen LogP contribution in [0.4, 0.5) is 5.82 Å².